The molecule has 2 aromatic carbocycles. The van der Waals surface area contributed by atoms with Crippen LogP contribution in [0.2, 0.25) is 0 Å². The fourth-order valence-corrected chi connectivity index (χ4v) is 2.81. The van der Waals surface area contributed by atoms with Gasteiger partial charge in [-0.3, -0.25) is 9.00 Å². The molecule has 4 N–H and O–H groups in total. The van der Waals surface area contributed by atoms with Crippen LogP contribution in [0.3, 0.4) is 0 Å². The minimum atomic E-state index is -1.32. The lowest BCUT2D eigenvalue weighted by Crippen LogP contribution is -2.40. The van der Waals surface area contributed by atoms with Gasteiger partial charge < -0.3 is 11.5 Å². The number of primary amides is 1. The third kappa shape index (κ3) is 2.75. The Morgan fingerprint density at radius 2 is 1.83 bits per heavy atom. The molecule has 2 aromatic rings. The summed E-state index contributed by atoms with van der Waals surface area (Å²) in [7, 11) is -1.32. The van der Waals surface area contributed by atoms with E-state index in [0.29, 0.717) is 4.90 Å². The van der Waals surface area contributed by atoms with Crippen molar-refractivity contribution in [2.45, 2.75) is 10.9 Å². The Balaban J connectivity index is 2.25. The van der Waals surface area contributed by atoms with E-state index in [1.54, 1.807) is 6.07 Å². The summed E-state index contributed by atoms with van der Waals surface area (Å²) in [6.45, 7) is 0. The molecule has 0 saturated heterocycles. The molecule has 0 fully saturated rings. The molecule has 94 valence electrons. The fourth-order valence-electron chi connectivity index (χ4n) is 1.65. The maximum atomic E-state index is 12.0. The average Bonchev–Trinajstić information content (AvgIpc) is 2.37. The molecule has 18 heavy (non-hydrogen) atoms. The molecular formula is C13H14N2O2S. The van der Waals surface area contributed by atoms with Crippen LogP contribution in [0.4, 0.5) is 0 Å². The number of hydrogen-bond acceptors (Lipinski definition) is 3. The number of amides is 1. The third-order valence-corrected chi connectivity index (χ3v) is 4.12. The van der Waals surface area contributed by atoms with Crippen LogP contribution in [0.15, 0.2) is 47.4 Å². The zero-order valence-corrected chi connectivity index (χ0v) is 10.5. The summed E-state index contributed by atoms with van der Waals surface area (Å²) in [5, 5.41) is 2.09. The lowest BCUT2D eigenvalue weighted by Gasteiger charge is -2.08. The first-order chi connectivity index (χ1) is 8.58. The van der Waals surface area contributed by atoms with Crippen LogP contribution >= 0.6 is 0 Å². The van der Waals surface area contributed by atoms with E-state index in [1.165, 1.54) is 0 Å². The van der Waals surface area contributed by atoms with E-state index in [1.807, 2.05) is 36.4 Å². The van der Waals surface area contributed by atoms with Gasteiger partial charge in [0.25, 0.3) is 0 Å². The summed E-state index contributed by atoms with van der Waals surface area (Å²) in [6, 6.07) is 12.5. The van der Waals surface area contributed by atoms with Gasteiger partial charge in [-0.15, -0.1) is 0 Å². The van der Waals surface area contributed by atoms with Crippen LogP contribution in [-0.4, -0.2) is 21.9 Å². The molecular weight excluding hydrogens is 248 g/mol. The highest BCUT2D eigenvalue weighted by Crippen LogP contribution is 2.18. The first kappa shape index (κ1) is 12.7. The quantitative estimate of drug-likeness (QED) is 0.853. The zero-order chi connectivity index (χ0) is 13.1. The minimum Gasteiger partial charge on any atom is -0.368 e. The molecule has 0 aliphatic rings. The predicted molar refractivity (Wildman–Crippen MR) is 72.4 cm³/mol. The Labute approximate surface area is 107 Å². The lowest BCUT2D eigenvalue weighted by molar-refractivity contribution is -0.118. The van der Waals surface area contributed by atoms with Gasteiger partial charge in [-0.25, -0.2) is 0 Å². The number of benzene rings is 2. The van der Waals surface area contributed by atoms with Gasteiger partial charge in [-0.05, 0) is 22.9 Å². The van der Waals surface area contributed by atoms with Gasteiger partial charge >= 0.3 is 0 Å². The second kappa shape index (κ2) is 5.29. The Bertz CT molecular complexity index is 613. The molecule has 2 rings (SSSR count). The Morgan fingerprint density at radius 3 is 2.50 bits per heavy atom. The molecule has 2 atom stereocenters. The van der Waals surface area contributed by atoms with Crippen LogP contribution in [-0.2, 0) is 15.6 Å². The Hall–Kier alpha value is -1.72. The van der Waals surface area contributed by atoms with E-state index in [-0.39, 0.29) is 5.75 Å². The van der Waals surface area contributed by atoms with E-state index in [0.717, 1.165) is 10.8 Å². The van der Waals surface area contributed by atoms with E-state index in [2.05, 4.69) is 0 Å². The highest BCUT2D eigenvalue weighted by molar-refractivity contribution is 7.85. The van der Waals surface area contributed by atoms with Crippen molar-refractivity contribution in [2.75, 3.05) is 5.75 Å². The lowest BCUT2D eigenvalue weighted by atomic mass is 10.1. The second-order valence-electron chi connectivity index (χ2n) is 4.03. The van der Waals surface area contributed by atoms with Crippen molar-refractivity contribution in [3.63, 3.8) is 0 Å². The molecule has 0 heterocycles. The molecule has 1 amide bonds. The smallest absolute Gasteiger partial charge is 0.235 e. The molecule has 0 radical (unpaired) electrons. The summed E-state index contributed by atoms with van der Waals surface area (Å²) < 4.78 is 12.0. The van der Waals surface area contributed by atoms with Crippen molar-refractivity contribution in [3.8, 4) is 0 Å². The van der Waals surface area contributed by atoms with Gasteiger partial charge in [0.05, 0.1) is 22.6 Å². The van der Waals surface area contributed by atoms with Gasteiger partial charge in [0.2, 0.25) is 5.91 Å². The summed E-state index contributed by atoms with van der Waals surface area (Å²) in [5.74, 6) is -0.586. The summed E-state index contributed by atoms with van der Waals surface area (Å²) in [5.41, 5.74) is 10.6. The molecule has 0 aromatic heterocycles. The van der Waals surface area contributed by atoms with Gasteiger partial charge in [0, 0.05) is 4.90 Å². The number of carbonyl (C=O) groups excluding carboxylic acids is 1. The maximum Gasteiger partial charge on any atom is 0.235 e. The van der Waals surface area contributed by atoms with Crippen LogP contribution in [0.1, 0.15) is 0 Å². The predicted octanol–water partition coefficient (Wildman–Crippen LogP) is 0.760. The monoisotopic (exact) mass is 262 g/mol. The number of nitrogens with two attached hydrogens (primary N) is 2. The first-order valence-corrected chi connectivity index (χ1v) is 6.82. The Kier molecular flexibility index (Phi) is 3.74. The molecule has 0 saturated carbocycles. The van der Waals surface area contributed by atoms with E-state index < -0.39 is 22.7 Å². The van der Waals surface area contributed by atoms with Crippen molar-refractivity contribution in [1.82, 2.24) is 0 Å². The largest absolute Gasteiger partial charge is 0.368 e. The topological polar surface area (TPSA) is 86.2 Å². The number of hydrogen-bond donors (Lipinski definition) is 2. The standard InChI is InChI=1S/C13H14N2O2S/c14-12(13(15)16)8-18(17)11-6-5-9-3-1-2-4-10(9)7-11/h1-7,12H,8,14H2,(H2,15,16). The van der Waals surface area contributed by atoms with Crippen molar-refractivity contribution in [2.24, 2.45) is 11.5 Å². The summed E-state index contributed by atoms with van der Waals surface area (Å²) in [4.78, 5) is 11.5. The van der Waals surface area contributed by atoms with Crippen LogP contribution in [0.5, 0.6) is 0 Å². The van der Waals surface area contributed by atoms with E-state index >= 15 is 0 Å². The highest BCUT2D eigenvalue weighted by Gasteiger charge is 2.14. The number of rotatable bonds is 4. The normalized spacial score (nSPS) is 14.3. The molecule has 5 heteroatoms. The summed E-state index contributed by atoms with van der Waals surface area (Å²) >= 11 is 0. The van der Waals surface area contributed by atoms with Gasteiger partial charge in [-0.1, -0.05) is 30.3 Å². The average molecular weight is 262 g/mol. The van der Waals surface area contributed by atoms with Crippen LogP contribution < -0.4 is 11.5 Å². The van der Waals surface area contributed by atoms with Crippen molar-refractivity contribution < 1.29 is 9.00 Å². The molecule has 0 spiro atoms. The van der Waals surface area contributed by atoms with Gasteiger partial charge in [0.1, 0.15) is 0 Å². The van der Waals surface area contributed by atoms with Crippen molar-refractivity contribution in [1.29, 1.82) is 0 Å². The first-order valence-electron chi connectivity index (χ1n) is 5.50. The molecule has 2 unspecified atom stereocenters. The van der Waals surface area contributed by atoms with Crippen LogP contribution in [0, 0.1) is 0 Å². The Morgan fingerprint density at radius 1 is 1.17 bits per heavy atom. The molecule has 0 aliphatic heterocycles. The maximum absolute atomic E-state index is 12.0. The van der Waals surface area contributed by atoms with Crippen molar-refractivity contribution >= 4 is 27.5 Å². The molecule has 4 nitrogen and oxygen atoms in total. The zero-order valence-electron chi connectivity index (χ0n) is 9.71. The van der Waals surface area contributed by atoms with Gasteiger partial charge in [0.15, 0.2) is 0 Å². The fraction of sp³-hybridized carbons (Fsp3) is 0.154. The number of carbonyl (C=O) groups is 1. The number of fused-ring (bicyclic) bond motifs is 1. The van der Waals surface area contributed by atoms with E-state index in [4.69, 9.17) is 11.5 Å². The van der Waals surface area contributed by atoms with Crippen LogP contribution in [0.25, 0.3) is 10.8 Å². The third-order valence-electron chi connectivity index (χ3n) is 2.68. The SMILES string of the molecule is NC(=O)C(N)CS(=O)c1ccc2ccccc2c1. The summed E-state index contributed by atoms with van der Waals surface area (Å²) in [6.07, 6.45) is 0. The minimum absolute atomic E-state index is 0.0493. The van der Waals surface area contributed by atoms with Crippen molar-refractivity contribution in [3.05, 3.63) is 42.5 Å². The highest BCUT2D eigenvalue weighted by atomic mass is 32.2. The molecule has 0 aliphatic carbocycles. The second-order valence-corrected chi connectivity index (χ2v) is 5.53. The molecule has 0 bridgehead atoms. The van der Waals surface area contributed by atoms with E-state index in [9.17, 15) is 9.00 Å². The van der Waals surface area contributed by atoms with Gasteiger partial charge in [-0.2, -0.15) is 0 Å².